The molecular weight excluding hydrogens is 351 g/mol. The molecule has 1 aromatic carbocycles. The Kier molecular flexibility index (Phi) is 3.13. The Morgan fingerprint density at radius 2 is 2.00 bits per heavy atom. The number of aliphatic hydroxyl groups excluding tert-OH is 1. The Morgan fingerprint density at radius 1 is 1.22 bits per heavy atom. The number of carbonyl (C=O) groups is 1. The Hall–Kier alpha value is -3.06. The smallest absolute Gasteiger partial charge is 0.340 e. The minimum atomic E-state index is -1.49. The zero-order valence-electron chi connectivity index (χ0n) is 14.7. The van der Waals surface area contributed by atoms with Gasteiger partial charge in [-0.25, -0.2) is 14.2 Å². The van der Waals surface area contributed by atoms with Gasteiger partial charge < -0.3 is 14.4 Å². The minimum absolute atomic E-state index is 0.153. The number of hydrogen-bond acceptors (Lipinski definition) is 5. The lowest BCUT2D eigenvalue weighted by Gasteiger charge is -2.21. The fraction of sp³-hybridized carbons (Fsp3) is 0.250. The van der Waals surface area contributed by atoms with Gasteiger partial charge in [-0.15, -0.1) is 0 Å². The Morgan fingerprint density at radius 3 is 2.78 bits per heavy atom. The average molecular weight is 366 g/mol. The molecule has 4 heterocycles. The normalized spacial score (nSPS) is 17.5. The number of carbonyl (C=O) groups excluding carboxylic acids is 1. The number of hydrogen-bond donors (Lipinski definition) is 1. The van der Waals surface area contributed by atoms with Crippen LogP contribution in [0.3, 0.4) is 0 Å². The van der Waals surface area contributed by atoms with Crippen LogP contribution in [0.2, 0.25) is 0 Å². The molecule has 0 amide bonds. The van der Waals surface area contributed by atoms with E-state index in [0.717, 1.165) is 16.5 Å². The van der Waals surface area contributed by atoms with Crippen molar-refractivity contribution in [3.63, 3.8) is 0 Å². The van der Waals surface area contributed by atoms with E-state index in [2.05, 4.69) is 4.98 Å². The largest absolute Gasteiger partial charge is 0.458 e. The van der Waals surface area contributed by atoms with Gasteiger partial charge in [0.1, 0.15) is 12.4 Å². The van der Waals surface area contributed by atoms with E-state index in [1.54, 1.807) is 23.6 Å². The van der Waals surface area contributed by atoms with Crippen LogP contribution in [0.1, 0.15) is 33.9 Å². The van der Waals surface area contributed by atoms with Crippen molar-refractivity contribution in [2.45, 2.75) is 33.1 Å². The third-order valence-electron chi connectivity index (χ3n) is 5.52. The van der Waals surface area contributed by atoms with Gasteiger partial charge in [-0.2, -0.15) is 0 Å². The molecule has 0 radical (unpaired) electrons. The van der Waals surface area contributed by atoms with Crippen LogP contribution in [0.25, 0.3) is 22.3 Å². The van der Waals surface area contributed by atoms with E-state index < -0.39 is 12.1 Å². The number of aryl methyl sites for hydroxylation is 2. The number of aromatic nitrogens is 2. The number of rotatable bonds is 0. The summed E-state index contributed by atoms with van der Waals surface area (Å²) in [5.41, 5.74) is 4.19. The van der Waals surface area contributed by atoms with Gasteiger partial charge in [0, 0.05) is 22.6 Å². The first-order chi connectivity index (χ1) is 12.9. The van der Waals surface area contributed by atoms with Crippen molar-refractivity contribution in [2.75, 3.05) is 0 Å². The van der Waals surface area contributed by atoms with Gasteiger partial charge in [0.15, 0.2) is 6.10 Å². The second kappa shape index (κ2) is 5.23. The van der Waals surface area contributed by atoms with Gasteiger partial charge in [-0.05, 0) is 37.1 Å². The second-order valence-electron chi connectivity index (χ2n) is 7.05. The van der Waals surface area contributed by atoms with Crippen LogP contribution in [-0.4, -0.2) is 20.6 Å². The molecule has 136 valence electrons. The molecule has 2 aromatic heterocycles. The summed E-state index contributed by atoms with van der Waals surface area (Å²) in [4.78, 5) is 29.2. The molecule has 0 saturated carbocycles. The highest BCUT2D eigenvalue weighted by Gasteiger charge is 2.34. The summed E-state index contributed by atoms with van der Waals surface area (Å²) in [6.07, 6.45) is -1.49. The number of halogens is 1. The number of aliphatic hydroxyl groups is 1. The SMILES string of the molecule is Cc1cc2c(C)c3c(nc2cc1F)-c1cc2c(c(=O)n1C3)COC(=O)[C@H]2O. The van der Waals surface area contributed by atoms with E-state index in [-0.39, 0.29) is 29.1 Å². The van der Waals surface area contributed by atoms with Crippen molar-refractivity contribution in [3.8, 4) is 11.4 Å². The van der Waals surface area contributed by atoms with Crippen LogP contribution in [0.4, 0.5) is 4.39 Å². The Labute approximate surface area is 152 Å². The third-order valence-corrected chi connectivity index (χ3v) is 5.52. The number of pyridine rings is 2. The number of benzene rings is 1. The van der Waals surface area contributed by atoms with E-state index in [4.69, 9.17) is 4.74 Å². The highest BCUT2D eigenvalue weighted by molar-refractivity contribution is 5.88. The Balaban J connectivity index is 1.82. The highest BCUT2D eigenvalue weighted by Crippen LogP contribution is 2.37. The first kappa shape index (κ1) is 16.1. The van der Waals surface area contributed by atoms with Gasteiger partial charge in [-0.1, -0.05) is 0 Å². The van der Waals surface area contributed by atoms with E-state index in [1.165, 1.54) is 6.07 Å². The molecule has 0 unspecified atom stereocenters. The van der Waals surface area contributed by atoms with Crippen LogP contribution >= 0.6 is 0 Å². The van der Waals surface area contributed by atoms with Crippen molar-refractivity contribution < 1.29 is 19.0 Å². The summed E-state index contributed by atoms with van der Waals surface area (Å²) in [7, 11) is 0. The predicted molar refractivity (Wildman–Crippen MR) is 94.7 cm³/mol. The standard InChI is InChI=1S/C20H15FN2O4/c1-8-3-10-9(2)12-6-23-16(17(12)22-15(10)5-14(8)21)4-11-13(19(23)25)7-27-20(26)18(11)24/h3-5,18,24H,6-7H2,1-2H3/t18-/m0/s1. The van der Waals surface area contributed by atoms with E-state index in [1.807, 2.05) is 6.92 Å². The van der Waals surface area contributed by atoms with Crippen LogP contribution in [0, 0.1) is 19.7 Å². The Bertz CT molecular complexity index is 1250. The minimum Gasteiger partial charge on any atom is -0.458 e. The first-order valence-electron chi connectivity index (χ1n) is 8.58. The van der Waals surface area contributed by atoms with Gasteiger partial charge in [0.05, 0.1) is 29.0 Å². The van der Waals surface area contributed by atoms with Crippen LogP contribution < -0.4 is 5.56 Å². The summed E-state index contributed by atoms with van der Waals surface area (Å²) < 4.78 is 20.5. The van der Waals surface area contributed by atoms with Gasteiger partial charge in [0.25, 0.3) is 5.56 Å². The van der Waals surface area contributed by atoms with Crippen LogP contribution in [0.5, 0.6) is 0 Å². The van der Waals surface area contributed by atoms with E-state index in [9.17, 15) is 19.1 Å². The molecular formula is C20H15FN2O4. The third kappa shape index (κ3) is 2.06. The van der Waals surface area contributed by atoms with E-state index >= 15 is 0 Å². The maximum absolute atomic E-state index is 14.0. The number of ether oxygens (including phenoxy) is 1. The highest BCUT2D eigenvalue weighted by atomic mass is 19.1. The predicted octanol–water partition coefficient (Wildman–Crippen LogP) is 2.27. The number of fused-ring (bicyclic) bond motifs is 5. The molecule has 6 nitrogen and oxygen atoms in total. The fourth-order valence-corrected chi connectivity index (χ4v) is 3.95. The molecule has 0 fully saturated rings. The molecule has 27 heavy (non-hydrogen) atoms. The zero-order chi connectivity index (χ0) is 19.0. The summed E-state index contributed by atoms with van der Waals surface area (Å²) in [6.45, 7) is 3.82. The second-order valence-corrected chi connectivity index (χ2v) is 7.05. The topological polar surface area (TPSA) is 81.4 Å². The molecule has 7 heteroatoms. The number of cyclic esters (lactones) is 1. The molecule has 3 aromatic rings. The molecule has 1 atom stereocenters. The monoisotopic (exact) mass is 366 g/mol. The number of nitrogens with zero attached hydrogens (tertiary/aromatic N) is 2. The van der Waals surface area contributed by atoms with Crippen molar-refractivity contribution in [1.29, 1.82) is 0 Å². The molecule has 0 bridgehead atoms. The molecule has 0 aliphatic carbocycles. The lowest BCUT2D eigenvalue weighted by Crippen LogP contribution is -2.32. The van der Waals surface area contributed by atoms with Crippen molar-refractivity contribution in [3.05, 3.63) is 62.2 Å². The summed E-state index contributed by atoms with van der Waals surface area (Å²) >= 11 is 0. The summed E-state index contributed by atoms with van der Waals surface area (Å²) in [6, 6.07) is 4.78. The number of esters is 1. The molecule has 0 spiro atoms. The fourth-order valence-electron chi connectivity index (χ4n) is 3.95. The first-order valence-corrected chi connectivity index (χ1v) is 8.58. The quantitative estimate of drug-likeness (QED) is 0.483. The van der Waals surface area contributed by atoms with Gasteiger partial charge in [-0.3, -0.25) is 4.79 Å². The van der Waals surface area contributed by atoms with Crippen molar-refractivity contribution in [1.82, 2.24) is 9.55 Å². The maximum Gasteiger partial charge on any atom is 0.340 e. The average Bonchev–Trinajstić information content (AvgIpc) is 3.00. The summed E-state index contributed by atoms with van der Waals surface area (Å²) in [5.74, 6) is -1.11. The van der Waals surface area contributed by atoms with Crippen molar-refractivity contribution >= 4 is 16.9 Å². The maximum atomic E-state index is 14.0. The van der Waals surface area contributed by atoms with Gasteiger partial charge >= 0.3 is 5.97 Å². The lowest BCUT2D eigenvalue weighted by molar-refractivity contribution is -0.157. The van der Waals surface area contributed by atoms with Gasteiger partial charge in [0.2, 0.25) is 0 Å². The van der Waals surface area contributed by atoms with Crippen LogP contribution in [-0.2, 0) is 22.7 Å². The summed E-state index contributed by atoms with van der Waals surface area (Å²) in [5, 5.41) is 11.0. The lowest BCUT2D eigenvalue weighted by atomic mass is 9.98. The molecule has 1 N–H and O–H groups in total. The molecule has 0 saturated heterocycles. The molecule has 2 aliphatic heterocycles. The molecule has 5 rings (SSSR count). The molecule has 2 aliphatic rings. The van der Waals surface area contributed by atoms with Crippen molar-refractivity contribution in [2.24, 2.45) is 0 Å². The van der Waals surface area contributed by atoms with Crippen LogP contribution in [0.15, 0.2) is 23.0 Å². The van der Waals surface area contributed by atoms with E-state index in [0.29, 0.717) is 29.0 Å². The zero-order valence-corrected chi connectivity index (χ0v) is 14.7.